The van der Waals surface area contributed by atoms with E-state index < -0.39 is 23.4 Å². The Kier molecular flexibility index (Phi) is 5.64. The maximum Gasteiger partial charge on any atom is 0.328 e. The molecule has 2 aromatic heterocycles. The van der Waals surface area contributed by atoms with Crippen molar-refractivity contribution in [2.24, 2.45) is 0 Å². The van der Waals surface area contributed by atoms with Crippen LogP contribution in [0, 0.1) is 11.3 Å². The minimum atomic E-state index is -1.47. The van der Waals surface area contributed by atoms with Gasteiger partial charge in [0.25, 0.3) is 11.8 Å². The highest BCUT2D eigenvalue weighted by atomic mass is 16.5. The molecule has 6 rings (SSSR count). The third-order valence-electron chi connectivity index (χ3n) is 7.16. The van der Waals surface area contributed by atoms with Crippen LogP contribution in [-0.2, 0) is 16.0 Å². The average Bonchev–Trinajstić information content (AvgIpc) is 3.38. The number of nitrogens with zero attached hydrogens (tertiary/aromatic N) is 5. The van der Waals surface area contributed by atoms with Crippen molar-refractivity contribution in [1.29, 1.82) is 5.26 Å². The number of imide groups is 2. The fraction of sp³-hybridized carbons (Fsp3) is 0.259. The van der Waals surface area contributed by atoms with Gasteiger partial charge in [0.1, 0.15) is 17.6 Å². The lowest BCUT2D eigenvalue weighted by Crippen LogP contribution is -2.71. The van der Waals surface area contributed by atoms with E-state index in [0.29, 0.717) is 42.3 Å². The summed E-state index contributed by atoms with van der Waals surface area (Å²) in [5.41, 5.74) is 1.82. The highest BCUT2D eigenvalue weighted by molar-refractivity contribution is 6.24. The molecule has 3 aliphatic rings. The molecule has 0 saturated carbocycles. The summed E-state index contributed by atoms with van der Waals surface area (Å²) in [6, 6.07) is 14.2. The molecule has 5 heterocycles. The van der Waals surface area contributed by atoms with Gasteiger partial charge in [0.15, 0.2) is 5.54 Å². The van der Waals surface area contributed by atoms with E-state index >= 15 is 0 Å². The zero-order valence-electron chi connectivity index (χ0n) is 20.3. The maximum absolute atomic E-state index is 12.7. The van der Waals surface area contributed by atoms with Crippen LogP contribution in [0.15, 0.2) is 54.9 Å². The van der Waals surface area contributed by atoms with E-state index in [9.17, 15) is 14.4 Å². The van der Waals surface area contributed by atoms with Gasteiger partial charge < -0.3 is 14.5 Å². The molecule has 2 fully saturated rings. The molecule has 190 valence electrons. The molecule has 3 aliphatic heterocycles. The van der Waals surface area contributed by atoms with Crippen LogP contribution >= 0.6 is 0 Å². The Labute approximate surface area is 218 Å². The fourth-order valence-corrected chi connectivity index (χ4v) is 5.39. The molecule has 0 bridgehead atoms. The van der Waals surface area contributed by atoms with Crippen LogP contribution in [-0.4, -0.2) is 46.4 Å². The predicted molar refractivity (Wildman–Crippen MR) is 136 cm³/mol. The molecule has 0 radical (unpaired) electrons. The number of nitrogens with one attached hydrogen (secondary N) is 2. The minimum absolute atomic E-state index is 0.306. The molecule has 0 aliphatic carbocycles. The van der Waals surface area contributed by atoms with Crippen LogP contribution in [0.3, 0.4) is 0 Å². The van der Waals surface area contributed by atoms with Gasteiger partial charge in [-0.3, -0.25) is 20.2 Å². The maximum atomic E-state index is 12.7. The number of rotatable bonds is 4. The van der Waals surface area contributed by atoms with Crippen LogP contribution in [0.2, 0.25) is 0 Å². The first-order chi connectivity index (χ1) is 18.5. The Bertz CT molecular complexity index is 1460. The number of ether oxygens (including phenoxy) is 1. The zero-order valence-corrected chi connectivity index (χ0v) is 20.3. The van der Waals surface area contributed by atoms with Crippen molar-refractivity contribution < 1.29 is 19.1 Å². The Balaban J connectivity index is 1.20. The van der Waals surface area contributed by atoms with Gasteiger partial charge in [-0.1, -0.05) is 0 Å². The third kappa shape index (κ3) is 3.87. The number of benzene rings is 1. The SMILES string of the molecule is N#Cc1ccc(N2CCCc3cc(Oc4ccc(N5CCCC56C(=O)NC(=O)NC6=O)cn4)ccc32)nc1. The quantitative estimate of drug-likeness (QED) is 0.508. The number of aryl methyl sites for hydroxylation is 1. The van der Waals surface area contributed by atoms with Crippen LogP contribution in [0.1, 0.15) is 30.4 Å². The number of urea groups is 1. The Hall–Kier alpha value is -4.98. The van der Waals surface area contributed by atoms with Crippen molar-refractivity contribution in [3.8, 4) is 17.7 Å². The number of carbonyl (C=O) groups excluding carboxylic acids is 3. The number of anilines is 3. The average molecular weight is 510 g/mol. The highest BCUT2D eigenvalue weighted by Gasteiger charge is 2.57. The summed E-state index contributed by atoms with van der Waals surface area (Å²) >= 11 is 0. The fourth-order valence-electron chi connectivity index (χ4n) is 5.39. The molecule has 2 N–H and O–H groups in total. The van der Waals surface area contributed by atoms with Crippen molar-refractivity contribution >= 4 is 35.0 Å². The molecule has 2 saturated heterocycles. The monoisotopic (exact) mass is 509 g/mol. The molecule has 0 atom stereocenters. The lowest BCUT2D eigenvalue weighted by molar-refractivity contribution is -0.137. The van der Waals surface area contributed by atoms with Gasteiger partial charge in [-0.15, -0.1) is 0 Å². The molecule has 38 heavy (non-hydrogen) atoms. The van der Waals surface area contributed by atoms with Gasteiger partial charge in [0.05, 0.1) is 17.4 Å². The van der Waals surface area contributed by atoms with E-state index in [1.54, 1.807) is 35.5 Å². The van der Waals surface area contributed by atoms with E-state index in [-0.39, 0.29) is 0 Å². The summed E-state index contributed by atoms with van der Waals surface area (Å²) in [6.45, 7) is 1.31. The van der Waals surface area contributed by atoms with Gasteiger partial charge in [-0.05, 0) is 67.6 Å². The molecular formula is C27H23N7O4. The van der Waals surface area contributed by atoms with Crippen molar-refractivity contribution in [3.05, 3.63) is 66.0 Å². The number of fused-ring (bicyclic) bond motifs is 1. The number of pyridine rings is 2. The second-order valence-electron chi connectivity index (χ2n) is 9.37. The van der Waals surface area contributed by atoms with Crippen molar-refractivity contribution in [2.75, 3.05) is 22.9 Å². The summed E-state index contributed by atoms with van der Waals surface area (Å²) in [5, 5.41) is 13.5. The number of hydrogen-bond acceptors (Lipinski definition) is 9. The molecule has 3 aromatic rings. The largest absolute Gasteiger partial charge is 0.439 e. The second-order valence-corrected chi connectivity index (χ2v) is 9.37. The summed E-state index contributed by atoms with van der Waals surface area (Å²) in [6.07, 6.45) is 5.92. The van der Waals surface area contributed by atoms with E-state index in [4.69, 9.17) is 10.00 Å². The van der Waals surface area contributed by atoms with Crippen LogP contribution in [0.4, 0.5) is 22.0 Å². The predicted octanol–water partition coefficient (Wildman–Crippen LogP) is 2.93. The Morgan fingerprint density at radius 3 is 2.50 bits per heavy atom. The topological polar surface area (TPSA) is 141 Å². The van der Waals surface area contributed by atoms with Gasteiger partial charge in [0, 0.05) is 31.0 Å². The lowest BCUT2D eigenvalue weighted by Gasteiger charge is -2.38. The summed E-state index contributed by atoms with van der Waals surface area (Å²) in [4.78, 5) is 49.6. The number of carbonyl (C=O) groups is 3. The van der Waals surface area contributed by atoms with Crippen molar-refractivity contribution in [1.82, 2.24) is 20.6 Å². The summed E-state index contributed by atoms with van der Waals surface area (Å²) < 4.78 is 6.02. The van der Waals surface area contributed by atoms with Crippen LogP contribution in [0.5, 0.6) is 11.6 Å². The summed E-state index contributed by atoms with van der Waals surface area (Å²) in [5.74, 6) is 0.559. The van der Waals surface area contributed by atoms with E-state index in [0.717, 1.165) is 36.5 Å². The van der Waals surface area contributed by atoms with E-state index in [1.165, 1.54) is 0 Å². The lowest BCUT2D eigenvalue weighted by atomic mass is 9.92. The van der Waals surface area contributed by atoms with Crippen molar-refractivity contribution in [3.63, 3.8) is 0 Å². The van der Waals surface area contributed by atoms with Gasteiger partial charge in [0.2, 0.25) is 5.88 Å². The minimum Gasteiger partial charge on any atom is -0.439 e. The molecule has 11 heteroatoms. The van der Waals surface area contributed by atoms with E-state index in [1.807, 2.05) is 24.3 Å². The number of barbiturate groups is 1. The summed E-state index contributed by atoms with van der Waals surface area (Å²) in [7, 11) is 0. The van der Waals surface area contributed by atoms with Gasteiger partial charge >= 0.3 is 6.03 Å². The smallest absolute Gasteiger partial charge is 0.328 e. The molecule has 11 nitrogen and oxygen atoms in total. The first kappa shape index (κ1) is 23.4. The first-order valence-corrected chi connectivity index (χ1v) is 12.3. The third-order valence-corrected chi connectivity index (χ3v) is 7.16. The number of hydrogen-bond donors (Lipinski definition) is 2. The molecule has 1 aromatic carbocycles. The molecule has 1 spiro atoms. The highest BCUT2D eigenvalue weighted by Crippen LogP contribution is 2.38. The zero-order chi connectivity index (χ0) is 26.3. The normalized spacial score (nSPS) is 18.0. The second kappa shape index (κ2) is 9.15. The van der Waals surface area contributed by atoms with Gasteiger partial charge in [-0.25, -0.2) is 14.8 Å². The Morgan fingerprint density at radius 1 is 0.947 bits per heavy atom. The standard InChI is InChI=1S/C27H23N7O4/c28-14-17-4-8-22(29-15-17)33-11-1-3-18-13-20(6-7-21(18)33)38-23-9-5-19(16-30-23)34-12-2-10-27(34)24(35)31-26(37)32-25(27)36/h4-9,13,15-16H,1-3,10-12H2,(H2,31,32,35,36,37). The van der Waals surface area contributed by atoms with Crippen molar-refractivity contribution in [2.45, 2.75) is 31.2 Å². The van der Waals surface area contributed by atoms with Crippen LogP contribution < -0.4 is 25.2 Å². The number of amides is 4. The molecule has 0 unspecified atom stereocenters. The number of nitriles is 1. The molecular weight excluding hydrogens is 486 g/mol. The Morgan fingerprint density at radius 2 is 1.79 bits per heavy atom. The number of aromatic nitrogens is 2. The first-order valence-electron chi connectivity index (χ1n) is 12.3. The van der Waals surface area contributed by atoms with E-state index in [2.05, 4.69) is 31.6 Å². The van der Waals surface area contributed by atoms with Gasteiger partial charge in [-0.2, -0.15) is 5.26 Å². The van der Waals surface area contributed by atoms with Crippen LogP contribution in [0.25, 0.3) is 0 Å². The molecule has 4 amide bonds.